The van der Waals surface area contributed by atoms with Crippen LogP contribution in [0.15, 0.2) is 30.3 Å². The van der Waals surface area contributed by atoms with Crippen molar-refractivity contribution in [3.05, 3.63) is 46.5 Å². The van der Waals surface area contributed by atoms with Gasteiger partial charge in [0.1, 0.15) is 11.8 Å². The second kappa shape index (κ2) is 13.6. The number of amides is 1. The Hall–Kier alpha value is -3.41. The van der Waals surface area contributed by atoms with E-state index in [-0.39, 0.29) is 40.0 Å². The monoisotopic (exact) mass is 576 g/mol. The number of thiocarbonyl (C=S) groups is 1. The van der Waals surface area contributed by atoms with Crippen molar-refractivity contribution in [1.29, 1.82) is 5.41 Å². The van der Waals surface area contributed by atoms with E-state index in [0.29, 0.717) is 23.5 Å². The molecule has 2 aromatic rings. The fourth-order valence-corrected chi connectivity index (χ4v) is 4.22. The first kappa shape index (κ1) is 30.1. The minimum absolute atomic E-state index is 0.0124. The Bertz CT molecular complexity index is 1230. The molecule has 39 heavy (non-hydrogen) atoms. The molecule has 0 radical (unpaired) electrons. The van der Waals surface area contributed by atoms with Crippen LogP contribution >= 0.6 is 23.8 Å². The van der Waals surface area contributed by atoms with Crippen LogP contribution in [0.3, 0.4) is 0 Å². The summed E-state index contributed by atoms with van der Waals surface area (Å²) in [6, 6.07) is 7.98. The van der Waals surface area contributed by atoms with Crippen LogP contribution in [0.1, 0.15) is 56.0 Å². The summed E-state index contributed by atoms with van der Waals surface area (Å²) in [5.74, 6) is -0.493. The van der Waals surface area contributed by atoms with Gasteiger partial charge in [0, 0.05) is 29.6 Å². The van der Waals surface area contributed by atoms with Crippen LogP contribution in [-0.4, -0.2) is 55.4 Å². The molecule has 1 saturated heterocycles. The van der Waals surface area contributed by atoms with Crippen LogP contribution in [0.5, 0.6) is 11.5 Å². The number of rotatable bonds is 9. The van der Waals surface area contributed by atoms with E-state index in [2.05, 4.69) is 16.0 Å². The Labute approximate surface area is 238 Å². The second-order valence-corrected chi connectivity index (χ2v) is 10.5. The van der Waals surface area contributed by atoms with Crippen LogP contribution in [0.2, 0.25) is 5.02 Å². The van der Waals surface area contributed by atoms with Crippen molar-refractivity contribution in [2.24, 2.45) is 0 Å². The standard InChI is InChI=1S/C27H33ClN4O6S/c1-27(2,3)38-23(33)15-37-20-11-8-16(13-21(20)35-4)25(34)32-26(39)31-19-10-9-18(17(14-29)24(19)28)30-22-7-5-6-12-36-22/h8-11,13-14,22,29-30H,5-7,12,15H2,1-4H3,(H2,31,32,34,39). The molecule has 12 heteroatoms. The Morgan fingerprint density at radius 1 is 1.18 bits per heavy atom. The highest BCUT2D eigenvalue weighted by molar-refractivity contribution is 7.80. The van der Waals surface area contributed by atoms with Crippen molar-refractivity contribution in [1.82, 2.24) is 5.32 Å². The average molecular weight is 577 g/mol. The fraction of sp³-hybridized carbons (Fsp3) is 0.407. The molecule has 1 heterocycles. The van der Waals surface area contributed by atoms with Crippen molar-refractivity contribution >= 4 is 58.4 Å². The van der Waals surface area contributed by atoms with Crippen molar-refractivity contribution in [3.63, 3.8) is 0 Å². The first-order valence-electron chi connectivity index (χ1n) is 12.4. The molecule has 0 aliphatic carbocycles. The Kier molecular flexibility index (Phi) is 10.5. The molecule has 0 aromatic heterocycles. The van der Waals surface area contributed by atoms with Gasteiger partial charge < -0.3 is 35.0 Å². The number of carbonyl (C=O) groups excluding carboxylic acids is 2. The number of nitrogens with one attached hydrogen (secondary N) is 4. The van der Waals surface area contributed by atoms with Gasteiger partial charge in [0.15, 0.2) is 23.2 Å². The predicted molar refractivity (Wildman–Crippen MR) is 155 cm³/mol. The van der Waals surface area contributed by atoms with E-state index >= 15 is 0 Å². The third kappa shape index (κ3) is 8.81. The summed E-state index contributed by atoms with van der Waals surface area (Å²) in [6.45, 7) is 5.66. The summed E-state index contributed by atoms with van der Waals surface area (Å²) in [5.41, 5.74) is 1.19. The number of anilines is 2. The Morgan fingerprint density at radius 3 is 2.56 bits per heavy atom. The lowest BCUT2D eigenvalue weighted by Crippen LogP contribution is -2.34. The summed E-state index contributed by atoms with van der Waals surface area (Å²) in [5, 5.41) is 16.9. The highest BCUT2D eigenvalue weighted by atomic mass is 35.5. The summed E-state index contributed by atoms with van der Waals surface area (Å²) < 4.78 is 21.8. The van der Waals surface area contributed by atoms with Gasteiger partial charge in [-0.3, -0.25) is 10.1 Å². The molecule has 0 saturated carbocycles. The van der Waals surface area contributed by atoms with Gasteiger partial charge in [-0.15, -0.1) is 0 Å². The normalized spacial score (nSPS) is 15.1. The van der Waals surface area contributed by atoms with E-state index in [1.807, 2.05) is 0 Å². The third-order valence-corrected chi connectivity index (χ3v) is 6.10. The molecular formula is C27H33ClN4O6S. The fourth-order valence-electron chi connectivity index (χ4n) is 3.75. The quantitative estimate of drug-likeness (QED) is 0.182. The van der Waals surface area contributed by atoms with Gasteiger partial charge in [-0.2, -0.15) is 0 Å². The van der Waals surface area contributed by atoms with Gasteiger partial charge >= 0.3 is 5.97 Å². The molecule has 10 nitrogen and oxygen atoms in total. The van der Waals surface area contributed by atoms with E-state index in [9.17, 15) is 9.59 Å². The molecule has 2 aromatic carbocycles. The number of hydrogen-bond donors (Lipinski definition) is 4. The third-order valence-electron chi connectivity index (χ3n) is 5.49. The van der Waals surface area contributed by atoms with Crippen molar-refractivity contribution in [2.45, 2.75) is 51.9 Å². The molecule has 4 N–H and O–H groups in total. The Morgan fingerprint density at radius 2 is 1.92 bits per heavy atom. The zero-order valence-electron chi connectivity index (χ0n) is 22.3. The maximum atomic E-state index is 12.8. The van der Waals surface area contributed by atoms with Crippen molar-refractivity contribution < 1.29 is 28.5 Å². The van der Waals surface area contributed by atoms with Gasteiger partial charge in [0.05, 0.1) is 17.8 Å². The van der Waals surface area contributed by atoms with Gasteiger partial charge in [-0.05, 0) is 82.6 Å². The SMILES string of the molecule is COc1cc(C(=O)NC(=S)Nc2ccc(NC3CCCCO3)c(C=N)c2Cl)ccc1OCC(=O)OC(C)(C)C. The predicted octanol–water partition coefficient (Wildman–Crippen LogP) is 5.13. The number of ether oxygens (including phenoxy) is 4. The number of hydrogen-bond acceptors (Lipinski definition) is 9. The lowest BCUT2D eigenvalue weighted by molar-refractivity contribution is -0.157. The number of benzene rings is 2. The maximum Gasteiger partial charge on any atom is 0.344 e. The zero-order valence-corrected chi connectivity index (χ0v) is 23.9. The topological polar surface area (TPSA) is 131 Å². The lowest BCUT2D eigenvalue weighted by Gasteiger charge is -2.25. The van der Waals surface area contributed by atoms with E-state index < -0.39 is 17.5 Å². The minimum atomic E-state index is -0.632. The molecule has 0 spiro atoms. The molecule has 0 bridgehead atoms. The summed E-state index contributed by atoms with van der Waals surface area (Å²) in [7, 11) is 1.42. The van der Waals surface area contributed by atoms with Crippen molar-refractivity contribution in [3.8, 4) is 11.5 Å². The highest BCUT2D eigenvalue weighted by Crippen LogP contribution is 2.32. The molecule has 1 amide bonds. The van der Waals surface area contributed by atoms with Gasteiger partial charge in [0.25, 0.3) is 5.91 Å². The minimum Gasteiger partial charge on any atom is -0.493 e. The largest absolute Gasteiger partial charge is 0.493 e. The Balaban J connectivity index is 1.63. The molecule has 1 aliphatic heterocycles. The average Bonchev–Trinajstić information content (AvgIpc) is 2.88. The summed E-state index contributed by atoms with van der Waals surface area (Å²) in [4.78, 5) is 24.8. The van der Waals surface area contributed by atoms with Crippen LogP contribution in [0.4, 0.5) is 11.4 Å². The van der Waals surface area contributed by atoms with Crippen LogP contribution in [0.25, 0.3) is 0 Å². The molecule has 3 rings (SSSR count). The number of carbonyl (C=O) groups is 2. The van der Waals surface area contributed by atoms with Crippen LogP contribution in [-0.2, 0) is 14.3 Å². The number of esters is 1. The van der Waals surface area contributed by atoms with Crippen molar-refractivity contribution in [2.75, 3.05) is 31.0 Å². The highest BCUT2D eigenvalue weighted by Gasteiger charge is 2.20. The molecular weight excluding hydrogens is 544 g/mol. The summed E-state index contributed by atoms with van der Waals surface area (Å²) in [6.07, 6.45) is 3.97. The van der Waals surface area contributed by atoms with Crippen LogP contribution in [0, 0.1) is 5.41 Å². The van der Waals surface area contributed by atoms with Gasteiger partial charge in [-0.1, -0.05) is 11.6 Å². The number of methoxy groups -OCH3 is 1. The molecule has 1 fully saturated rings. The van der Waals surface area contributed by atoms with E-state index in [1.54, 1.807) is 32.9 Å². The van der Waals surface area contributed by atoms with Crippen LogP contribution < -0.4 is 25.4 Å². The molecule has 1 atom stereocenters. The number of halogens is 1. The van der Waals surface area contributed by atoms with E-state index in [1.165, 1.54) is 25.3 Å². The second-order valence-electron chi connectivity index (χ2n) is 9.68. The lowest BCUT2D eigenvalue weighted by atomic mass is 10.1. The maximum absolute atomic E-state index is 12.8. The van der Waals surface area contributed by atoms with Gasteiger partial charge in [-0.25, -0.2) is 4.79 Å². The van der Waals surface area contributed by atoms with E-state index in [0.717, 1.165) is 25.5 Å². The first-order chi connectivity index (χ1) is 18.5. The summed E-state index contributed by atoms with van der Waals surface area (Å²) >= 11 is 11.9. The molecule has 210 valence electrons. The van der Waals surface area contributed by atoms with Gasteiger partial charge in [0.2, 0.25) is 0 Å². The molecule has 1 aliphatic rings. The van der Waals surface area contributed by atoms with E-state index in [4.69, 9.17) is 48.2 Å². The first-order valence-corrected chi connectivity index (χ1v) is 13.2. The molecule has 1 unspecified atom stereocenters. The smallest absolute Gasteiger partial charge is 0.344 e. The zero-order chi connectivity index (χ0) is 28.6.